The lowest BCUT2D eigenvalue weighted by Crippen LogP contribution is -2.39. The van der Waals surface area contributed by atoms with Gasteiger partial charge in [0.1, 0.15) is 0 Å². The van der Waals surface area contributed by atoms with E-state index in [1.54, 1.807) is 0 Å². The van der Waals surface area contributed by atoms with Gasteiger partial charge in [0.2, 0.25) is 5.91 Å². The number of rotatable bonds is 7. The van der Waals surface area contributed by atoms with Crippen molar-refractivity contribution in [1.82, 2.24) is 5.32 Å². The van der Waals surface area contributed by atoms with Crippen molar-refractivity contribution in [2.75, 3.05) is 13.2 Å². The molecule has 100 valence electrons. The van der Waals surface area contributed by atoms with Crippen LogP contribution >= 0.6 is 0 Å². The highest BCUT2D eigenvalue weighted by Crippen LogP contribution is 2.32. The zero-order valence-corrected chi connectivity index (χ0v) is 11.1. The van der Waals surface area contributed by atoms with Gasteiger partial charge in [0.05, 0.1) is 12.2 Å². The highest BCUT2D eigenvalue weighted by Gasteiger charge is 2.31. The van der Waals surface area contributed by atoms with Gasteiger partial charge in [-0.3, -0.25) is 4.79 Å². The summed E-state index contributed by atoms with van der Waals surface area (Å²) in [5.74, 6) is 0.689. The molecular weight excluding hydrogens is 218 g/mol. The van der Waals surface area contributed by atoms with Crippen LogP contribution in [0.5, 0.6) is 0 Å². The lowest BCUT2D eigenvalue weighted by molar-refractivity contribution is -0.124. The van der Waals surface area contributed by atoms with Crippen LogP contribution in [0.25, 0.3) is 0 Å². The van der Waals surface area contributed by atoms with Gasteiger partial charge in [0.25, 0.3) is 0 Å². The van der Waals surface area contributed by atoms with Gasteiger partial charge in [0.15, 0.2) is 0 Å². The number of hydrogen-bond donors (Lipinski definition) is 2. The van der Waals surface area contributed by atoms with Gasteiger partial charge in [-0.05, 0) is 31.6 Å². The predicted molar refractivity (Wildman–Crippen MR) is 66.6 cm³/mol. The molecule has 0 saturated heterocycles. The van der Waals surface area contributed by atoms with E-state index in [9.17, 15) is 9.90 Å². The van der Waals surface area contributed by atoms with E-state index < -0.39 is 6.10 Å². The smallest absolute Gasteiger partial charge is 0.220 e. The molecule has 0 spiro atoms. The summed E-state index contributed by atoms with van der Waals surface area (Å²) in [7, 11) is 0. The maximum Gasteiger partial charge on any atom is 0.220 e. The number of ether oxygens (including phenoxy) is 1. The van der Waals surface area contributed by atoms with Crippen LogP contribution in [0.3, 0.4) is 0 Å². The molecule has 0 aromatic heterocycles. The van der Waals surface area contributed by atoms with Crippen LogP contribution in [0.2, 0.25) is 0 Å². The van der Waals surface area contributed by atoms with Crippen molar-refractivity contribution < 1.29 is 14.6 Å². The average Bonchev–Trinajstić information content (AvgIpc) is 2.22. The van der Waals surface area contributed by atoms with E-state index in [2.05, 4.69) is 5.32 Å². The van der Waals surface area contributed by atoms with E-state index in [1.165, 1.54) is 0 Å². The van der Waals surface area contributed by atoms with Gasteiger partial charge >= 0.3 is 0 Å². The van der Waals surface area contributed by atoms with Crippen LogP contribution < -0.4 is 5.32 Å². The number of hydrogen-bond acceptors (Lipinski definition) is 3. The molecule has 1 unspecified atom stereocenters. The minimum atomic E-state index is -0.448. The molecule has 1 amide bonds. The SMILES string of the molecule is CCOC1CC(CC(=O)NCC(O)C(C)C)C1. The topological polar surface area (TPSA) is 58.6 Å². The van der Waals surface area contributed by atoms with E-state index in [4.69, 9.17) is 4.74 Å². The molecule has 4 heteroatoms. The molecule has 4 nitrogen and oxygen atoms in total. The first-order valence-corrected chi connectivity index (χ1v) is 6.59. The summed E-state index contributed by atoms with van der Waals surface area (Å²) in [4.78, 5) is 11.6. The Morgan fingerprint density at radius 1 is 1.47 bits per heavy atom. The average molecular weight is 243 g/mol. The summed E-state index contributed by atoms with van der Waals surface area (Å²) in [6.07, 6.45) is 2.46. The van der Waals surface area contributed by atoms with Crippen molar-refractivity contribution in [2.45, 2.75) is 52.2 Å². The number of carbonyl (C=O) groups excluding carboxylic acids is 1. The Hall–Kier alpha value is -0.610. The van der Waals surface area contributed by atoms with Crippen molar-refractivity contribution >= 4 is 5.91 Å². The van der Waals surface area contributed by atoms with Crippen molar-refractivity contribution in [2.24, 2.45) is 11.8 Å². The molecule has 0 bridgehead atoms. The number of carbonyl (C=O) groups is 1. The minimum Gasteiger partial charge on any atom is -0.391 e. The maximum absolute atomic E-state index is 11.6. The molecule has 1 atom stereocenters. The maximum atomic E-state index is 11.6. The van der Waals surface area contributed by atoms with Crippen molar-refractivity contribution in [3.8, 4) is 0 Å². The summed E-state index contributed by atoms with van der Waals surface area (Å²) in [6.45, 7) is 6.99. The largest absolute Gasteiger partial charge is 0.391 e. The highest BCUT2D eigenvalue weighted by molar-refractivity contribution is 5.76. The summed E-state index contributed by atoms with van der Waals surface area (Å²) in [5, 5.41) is 12.3. The molecule has 0 radical (unpaired) electrons. The molecule has 1 saturated carbocycles. The van der Waals surface area contributed by atoms with Crippen LogP contribution in [0.4, 0.5) is 0 Å². The van der Waals surface area contributed by atoms with Gasteiger partial charge in [-0.1, -0.05) is 13.8 Å². The van der Waals surface area contributed by atoms with E-state index in [0.717, 1.165) is 19.4 Å². The predicted octanol–water partition coefficient (Wildman–Crippen LogP) is 1.32. The summed E-state index contributed by atoms with van der Waals surface area (Å²) < 4.78 is 5.45. The van der Waals surface area contributed by atoms with Crippen LogP contribution in [0.1, 0.15) is 40.0 Å². The summed E-state index contributed by atoms with van der Waals surface area (Å²) in [6, 6.07) is 0. The van der Waals surface area contributed by atoms with E-state index in [-0.39, 0.29) is 11.8 Å². The first-order valence-electron chi connectivity index (χ1n) is 6.59. The van der Waals surface area contributed by atoms with Crippen LogP contribution in [-0.2, 0) is 9.53 Å². The lowest BCUT2D eigenvalue weighted by atomic mass is 9.80. The van der Waals surface area contributed by atoms with Crippen molar-refractivity contribution in [3.63, 3.8) is 0 Å². The Morgan fingerprint density at radius 2 is 2.12 bits per heavy atom. The number of aliphatic hydroxyl groups excluding tert-OH is 1. The first-order chi connectivity index (χ1) is 8.02. The number of amides is 1. The molecule has 1 aliphatic rings. The molecular formula is C13H25NO3. The summed E-state index contributed by atoms with van der Waals surface area (Å²) in [5.41, 5.74) is 0. The van der Waals surface area contributed by atoms with Crippen molar-refractivity contribution in [1.29, 1.82) is 0 Å². The van der Waals surface area contributed by atoms with Gasteiger partial charge in [-0.25, -0.2) is 0 Å². The van der Waals surface area contributed by atoms with Gasteiger partial charge < -0.3 is 15.2 Å². The molecule has 0 aromatic rings. The molecule has 17 heavy (non-hydrogen) atoms. The molecule has 2 N–H and O–H groups in total. The number of nitrogens with one attached hydrogen (secondary N) is 1. The molecule has 0 heterocycles. The lowest BCUT2D eigenvalue weighted by Gasteiger charge is -2.34. The third kappa shape index (κ3) is 5.04. The van der Waals surface area contributed by atoms with Gasteiger partial charge in [-0.15, -0.1) is 0 Å². The van der Waals surface area contributed by atoms with Gasteiger partial charge in [0, 0.05) is 19.6 Å². The fraction of sp³-hybridized carbons (Fsp3) is 0.923. The molecule has 1 fully saturated rings. The molecule has 1 aliphatic carbocycles. The Balaban J connectivity index is 2.07. The Labute approximate surface area is 104 Å². The molecule has 1 rings (SSSR count). The second-order valence-electron chi connectivity index (χ2n) is 5.23. The highest BCUT2D eigenvalue weighted by atomic mass is 16.5. The zero-order chi connectivity index (χ0) is 12.8. The third-order valence-corrected chi connectivity index (χ3v) is 3.35. The first kappa shape index (κ1) is 14.5. The number of aliphatic hydroxyl groups is 1. The van der Waals surface area contributed by atoms with E-state index >= 15 is 0 Å². The quantitative estimate of drug-likeness (QED) is 0.709. The minimum absolute atomic E-state index is 0.0460. The Morgan fingerprint density at radius 3 is 2.65 bits per heavy atom. The van der Waals surface area contributed by atoms with Crippen molar-refractivity contribution in [3.05, 3.63) is 0 Å². The second kappa shape index (κ2) is 6.97. The standard InChI is InChI=1S/C13H25NO3/c1-4-17-11-5-10(6-11)7-13(16)14-8-12(15)9(2)3/h9-12,15H,4-8H2,1-3H3,(H,14,16). The van der Waals surface area contributed by atoms with Crippen LogP contribution in [0.15, 0.2) is 0 Å². The fourth-order valence-electron chi connectivity index (χ4n) is 2.00. The van der Waals surface area contributed by atoms with E-state index in [0.29, 0.717) is 25.0 Å². The van der Waals surface area contributed by atoms with Crippen LogP contribution in [0, 0.1) is 11.8 Å². The van der Waals surface area contributed by atoms with E-state index in [1.807, 2.05) is 20.8 Å². The Bertz CT molecular complexity index is 237. The second-order valence-corrected chi connectivity index (χ2v) is 5.23. The Kier molecular flexibility index (Phi) is 5.92. The summed E-state index contributed by atoms with van der Waals surface area (Å²) >= 11 is 0. The fourth-order valence-corrected chi connectivity index (χ4v) is 2.00. The van der Waals surface area contributed by atoms with Crippen LogP contribution in [-0.4, -0.2) is 36.4 Å². The third-order valence-electron chi connectivity index (χ3n) is 3.35. The van der Waals surface area contributed by atoms with Gasteiger partial charge in [-0.2, -0.15) is 0 Å². The monoisotopic (exact) mass is 243 g/mol. The normalized spacial score (nSPS) is 25.5. The zero-order valence-electron chi connectivity index (χ0n) is 11.1. The molecule has 0 aliphatic heterocycles. The molecule has 0 aromatic carbocycles.